The molecule has 0 saturated heterocycles. The minimum Gasteiger partial charge on any atom is -0.508 e. The molecular formula is C20H16N2O5S. The number of esters is 1. The van der Waals surface area contributed by atoms with Gasteiger partial charge in [0.1, 0.15) is 10.6 Å². The molecule has 0 aliphatic rings. The van der Waals surface area contributed by atoms with E-state index < -0.39 is 11.9 Å². The van der Waals surface area contributed by atoms with Crippen molar-refractivity contribution in [3.63, 3.8) is 0 Å². The number of hydrogen-bond acceptors (Lipinski definition) is 7. The number of nitrogens with one attached hydrogen (secondary N) is 1. The first-order chi connectivity index (χ1) is 13.6. The van der Waals surface area contributed by atoms with Gasteiger partial charge in [0.2, 0.25) is 0 Å². The van der Waals surface area contributed by atoms with Gasteiger partial charge in [0.15, 0.2) is 11.5 Å². The summed E-state index contributed by atoms with van der Waals surface area (Å²) in [7, 11) is 1.46. The van der Waals surface area contributed by atoms with Crippen molar-refractivity contribution in [2.45, 2.75) is 0 Å². The summed E-state index contributed by atoms with van der Waals surface area (Å²) in [6, 6.07) is 14.2. The lowest BCUT2D eigenvalue weighted by atomic mass is 10.2. The molecule has 0 aliphatic carbocycles. The molecule has 28 heavy (non-hydrogen) atoms. The van der Waals surface area contributed by atoms with Crippen LogP contribution in [0.3, 0.4) is 0 Å². The predicted octanol–water partition coefficient (Wildman–Crippen LogP) is 3.45. The highest BCUT2D eigenvalue weighted by molar-refractivity contribution is 7.12. The van der Waals surface area contributed by atoms with Gasteiger partial charge >= 0.3 is 5.97 Å². The lowest BCUT2D eigenvalue weighted by Gasteiger charge is -2.09. The van der Waals surface area contributed by atoms with E-state index in [0.29, 0.717) is 21.8 Å². The SMILES string of the molecule is COc1cc(/C=N/NC(=O)c2ccc(O)cc2)ccc1OC(=O)c1cccs1. The second kappa shape index (κ2) is 8.83. The summed E-state index contributed by atoms with van der Waals surface area (Å²) in [6.45, 7) is 0. The normalized spacial score (nSPS) is 10.6. The third-order valence-corrected chi connectivity index (χ3v) is 4.47. The van der Waals surface area contributed by atoms with Crippen molar-refractivity contribution in [1.82, 2.24) is 5.43 Å². The van der Waals surface area contributed by atoms with Gasteiger partial charge in [-0.15, -0.1) is 11.3 Å². The Hall–Kier alpha value is -3.65. The molecule has 2 N–H and O–H groups in total. The summed E-state index contributed by atoms with van der Waals surface area (Å²) in [4.78, 5) is 24.5. The van der Waals surface area contributed by atoms with Crippen molar-refractivity contribution >= 4 is 29.4 Å². The second-order valence-electron chi connectivity index (χ2n) is 5.52. The summed E-state index contributed by atoms with van der Waals surface area (Å²) >= 11 is 1.29. The fourth-order valence-corrected chi connectivity index (χ4v) is 2.84. The molecule has 1 heterocycles. The highest BCUT2D eigenvalue weighted by Gasteiger charge is 2.13. The molecule has 0 unspecified atom stereocenters. The summed E-state index contributed by atoms with van der Waals surface area (Å²) in [5.41, 5.74) is 3.40. The van der Waals surface area contributed by atoms with E-state index in [0.717, 1.165) is 0 Å². The van der Waals surface area contributed by atoms with Crippen molar-refractivity contribution < 1.29 is 24.2 Å². The van der Waals surface area contributed by atoms with Gasteiger partial charge < -0.3 is 14.6 Å². The van der Waals surface area contributed by atoms with Gasteiger partial charge in [-0.3, -0.25) is 4.79 Å². The van der Waals surface area contributed by atoms with Gasteiger partial charge in [0.05, 0.1) is 13.3 Å². The van der Waals surface area contributed by atoms with Crippen molar-refractivity contribution in [1.29, 1.82) is 0 Å². The lowest BCUT2D eigenvalue weighted by Crippen LogP contribution is -2.17. The first-order valence-corrected chi connectivity index (χ1v) is 9.01. The number of thiophene rings is 1. The number of methoxy groups -OCH3 is 1. The monoisotopic (exact) mass is 396 g/mol. The number of carbonyl (C=O) groups excluding carboxylic acids is 2. The first kappa shape index (κ1) is 19.1. The van der Waals surface area contributed by atoms with E-state index >= 15 is 0 Å². The molecule has 0 aliphatic heterocycles. The number of ether oxygens (including phenoxy) is 2. The molecule has 7 nitrogen and oxygen atoms in total. The topological polar surface area (TPSA) is 97.2 Å². The molecular weight excluding hydrogens is 380 g/mol. The van der Waals surface area contributed by atoms with Gasteiger partial charge in [0, 0.05) is 5.56 Å². The Kier molecular flexibility index (Phi) is 6.03. The van der Waals surface area contributed by atoms with Crippen molar-refractivity contribution in [2.24, 2.45) is 5.10 Å². The zero-order valence-corrected chi connectivity index (χ0v) is 15.6. The Bertz CT molecular complexity index is 998. The standard InChI is InChI=1S/C20H16N2O5S/c1-26-17-11-13(4-9-16(17)27-20(25)18-3-2-10-28-18)12-21-22-19(24)14-5-7-15(23)8-6-14/h2-12,23H,1H3,(H,22,24)/b21-12+. The minimum atomic E-state index is -0.462. The van der Waals surface area contributed by atoms with Crippen LogP contribution in [0.2, 0.25) is 0 Å². The Morgan fingerprint density at radius 1 is 1.11 bits per heavy atom. The van der Waals surface area contributed by atoms with Crippen LogP contribution in [-0.4, -0.2) is 30.3 Å². The molecule has 0 spiro atoms. The van der Waals surface area contributed by atoms with Crippen molar-refractivity contribution in [2.75, 3.05) is 7.11 Å². The maximum Gasteiger partial charge on any atom is 0.353 e. The molecule has 1 amide bonds. The van der Waals surface area contributed by atoms with Crippen molar-refractivity contribution in [3.8, 4) is 17.2 Å². The maximum atomic E-state index is 12.1. The number of hydrazone groups is 1. The molecule has 8 heteroatoms. The summed E-state index contributed by atoms with van der Waals surface area (Å²) in [5.74, 6) is -0.155. The van der Waals surface area contributed by atoms with Crippen LogP contribution >= 0.6 is 11.3 Å². The van der Waals surface area contributed by atoms with Gasteiger partial charge in [-0.05, 0) is 59.5 Å². The number of rotatable bonds is 6. The van der Waals surface area contributed by atoms with Crippen LogP contribution in [0.4, 0.5) is 0 Å². The first-order valence-electron chi connectivity index (χ1n) is 8.13. The number of nitrogens with zero attached hydrogens (tertiary/aromatic N) is 1. The Labute approximate surface area is 164 Å². The van der Waals surface area contributed by atoms with Crippen LogP contribution < -0.4 is 14.9 Å². The summed E-state index contributed by atoms with van der Waals surface area (Å²) in [6.07, 6.45) is 1.44. The van der Waals surface area contributed by atoms with Gasteiger partial charge in [-0.2, -0.15) is 5.10 Å². The maximum absolute atomic E-state index is 12.1. The molecule has 3 aromatic rings. The Morgan fingerprint density at radius 2 is 1.89 bits per heavy atom. The van der Waals surface area contributed by atoms with Gasteiger partial charge in [0.25, 0.3) is 5.91 Å². The van der Waals surface area contributed by atoms with E-state index in [1.807, 2.05) is 0 Å². The quantitative estimate of drug-likeness (QED) is 0.288. The van der Waals surface area contributed by atoms with E-state index in [9.17, 15) is 14.7 Å². The fourth-order valence-electron chi connectivity index (χ4n) is 2.24. The largest absolute Gasteiger partial charge is 0.508 e. The van der Waals surface area contributed by atoms with Crippen LogP contribution in [0.25, 0.3) is 0 Å². The molecule has 2 aromatic carbocycles. The third kappa shape index (κ3) is 4.74. The Balaban J connectivity index is 1.66. The van der Waals surface area contributed by atoms with E-state index in [2.05, 4.69) is 10.5 Å². The van der Waals surface area contributed by atoms with Crippen LogP contribution in [0.15, 0.2) is 65.1 Å². The average molecular weight is 396 g/mol. The molecule has 142 valence electrons. The zero-order valence-electron chi connectivity index (χ0n) is 14.8. The zero-order chi connectivity index (χ0) is 19.9. The number of hydrogen-bond donors (Lipinski definition) is 2. The van der Waals surface area contributed by atoms with E-state index in [4.69, 9.17) is 9.47 Å². The molecule has 0 atom stereocenters. The molecule has 3 rings (SSSR count). The number of phenols is 1. The molecule has 0 bridgehead atoms. The van der Waals surface area contributed by atoms with Gasteiger partial charge in [-0.1, -0.05) is 6.07 Å². The molecule has 1 aromatic heterocycles. The lowest BCUT2D eigenvalue weighted by molar-refractivity contribution is 0.0734. The fraction of sp³-hybridized carbons (Fsp3) is 0.0500. The summed E-state index contributed by atoms with van der Waals surface area (Å²) < 4.78 is 10.6. The Morgan fingerprint density at radius 3 is 2.57 bits per heavy atom. The smallest absolute Gasteiger partial charge is 0.353 e. The van der Waals surface area contributed by atoms with Crippen LogP contribution in [0.5, 0.6) is 17.2 Å². The highest BCUT2D eigenvalue weighted by Crippen LogP contribution is 2.28. The second-order valence-corrected chi connectivity index (χ2v) is 6.47. The predicted molar refractivity (Wildman–Crippen MR) is 105 cm³/mol. The molecule has 0 radical (unpaired) electrons. The number of aromatic hydroxyl groups is 1. The number of benzene rings is 2. The van der Waals surface area contributed by atoms with Crippen LogP contribution in [-0.2, 0) is 0 Å². The van der Waals surface area contributed by atoms with Crippen LogP contribution in [0, 0.1) is 0 Å². The van der Waals surface area contributed by atoms with E-state index in [1.165, 1.54) is 48.9 Å². The third-order valence-electron chi connectivity index (χ3n) is 3.62. The molecule has 0 fully saturated rings. The van der Waals surface area contributed by atoms with Gasteiger partial charge in [-0.25, -0.2) is 10.2 Å². The number of carbonyl (C=O) groups is 2. The van der Waals surface area contributed by atoms with Crippen LogP contribution in [0.1, 0.15) is 25.6 Å². The molecule has 0 saturated carbocycles. The number of phenolic OH excluding ortho intramolecular Hbond substituents is 1. The van der Waals surface area contributed by atoms with E-state index in [-0.39, 0.29) is 11.5 Å². The van der Waals surface area contributed by atoms with E-state index in [1.54, 1.807) is 35.7 Å². The van der Waals surface area contributed by atoms with Crippen molar-refractivity contribution in [3.05, 3.63) is 76.0 Å². The minimum absolute atomic E-state index is 0.0759. The average Bonchev–Trinajstić information content (AvgIpc) is 3.24. The highest BCUT2D eigenvalue weighted by atomic mass is 32.1. The summed E-state index contributed by atoms with van der Waals surface area (Å²) in [5, 5.41) is 14.9. The number of amides is 1.